The smallest absolute Gasteiger partial charge is 0.304 e. The van der Waals surface area contributed by atoms with Gasteiger partial charge in [0, 0.05) is 37.6 Å². The lowest BCUT2D eigenvalue weighted by Crippen LogP contribution is -2.44. The van der Waals surface area contributed by atoms with E-state index in [1.54, 1.807) is 35.7 Å². The van der Waals surface area contributed by atoms with Crippen LogP contribution >= 0.6 is 0 Å². The van der Waals surface area contributed by atoms with Crippen LogP contribution in [-0.2, 0) is 17.9 Å². The number of nitrogens with one attached hydrogen (secondary N) is 2. The van der Waals surface area contributed by atoms with E-state index in [0.29, 0.717) is 36.2 Å². The molecule has 1 amide bonds. The first-order chi connectivity index (χ1) is 16.2. The quantitative estimate of drug-likeness (QED) is 0.511. The van der Waals surface area contributed by atoms with Crippen molar-refractivity contribution in [2.24, 2.45) is 0 Å². The van der Waals surface area contributed by atoms with Gasteiger partial charge in [0.1, 0.15) is 11.7 Å². The van der Waals surface area contributed by atoms with E-state index in [9.17, 15) is 18.0 Å². The highest BCUT2D eigenvalue weighted by molar-refractivity contribution is 6.03. The summed E-state index contributed by atoms with van der Waals surface area (Å²) in [6.45, 7) is 4.40. The van der Waals surface area contributed by atoms with Gasteiger partial charge in [-0.3, -0.25) is 9.48 Å². The van der Waals surface area contributed by atoms with Gasteiger partial charge in [0.05, 0.1) is 18.4 Å². The Labute approximate surface area is 193 Å². The number of nitrogens with zero attached hydrogens (tertiary/aromatic N) is 6. The van der Waals surface area contributed by atoms with Crippen molar-refractivity contribution in [2.75, 3.05) is 22.6 Å². The molecule has 0 radical (unpaired) electrons. The number of ether oxygens (including phenoxy) is 1. The Morgan fingerprint density at radius 1 is 1.21 bits per heavy atom. The maximum atomic E-state index is 13.0. The number of anilines is 3. The number of halogens is 3. The molecule has 34 heavy (non-hydrogen) atoms. The molecule has 1 aliphatic rings. The molecule has 0 aliphatic carbocycles. The SMILES string of the molecule is Cc1nc(NCc2cnn(Cc3ccc(OC(F)C(F)F)nc3)c2)nc2c1NC(=O)[C@H](C)N2C. The number of aromatic nitrogens is 5. The molecule has 13 heteroatoms. The Morgan fingerprint density at radius 2 is 2.00 bits per heavy atom. The minimum Gasteiger partial charge on any atom is -0.437 e. The third-order valence-corrected chi connectivity index (χ3v) is 5.32. The van der Waals surface area contributed by atoms with E-state index in [4.69, 9.17) is 0 Å². The van der Waals surface area contributed by atoms with Gasteiger partial charge in [0.15, 0.2) is 5.82 Å². The van der Waals surface area contributed by atoms with Crippen molar-refractivity contribution in [3.63, 3.8) is 0 Å². The van der Waals surface area contributed by atoms with Crippen molar-refractivity contribution >= 4 is 23.4 Å². The monoisotopic (exact) mass is 476 g/mol. The number of pyridine rings is 1. The van der Waals surface area contributed by atoms with Crippen molar-refractivity contribution < 1.29 is 22.7 Å². The van der Waals surface area contributed by atoms with Crippen molar-refractivity contribution in [3.8, 4) is 5.88 Å². The van der Waals surface area contributed by atoms with Gasteiger partial charge >= 0.3 is 6.43 Å². The zero-order valence-corrected chi connectivity index (χ0v) is 18.7. The Morgan fingerprint density at radius 3 is 2.71 bits per heavy atom. The van der Waals surface area contributed by atoms with Crippen LogP contribution in [0.5, 0.6) is 5.88 Å². The summed E-state index contributed by atoms with van der Waals surface area (Å²) in [6, 6.07) is 2.58. The normalized spacial score (nSPS) is 16.3. The van der Waals surface area contributed by atoms with E-state index in [2.05, 4.69) is 35.4 Å². The van der Waals surface area contributed by atoms with Crippen LogP contribution in [0.3, 0.4) is 0 Å². The second-order valence-corrected chi connectivity index (χ2v) is 7.82. The molecule has 0 saturated heterocycles. The number of hydrogen-bond acceptors (Lipinski definition) is 8. The summed E-state index contributed by atoms with van der Waals surface area (Å²) < 4.78 is 43.5. The van der Waals surface area contributed by atoms with E-state index in [0.717, 1.165) is 11.1 Å². The largest absolute Gasteiger partial charge is 0.437 e. The van der Waals surface area contributed by atoms with Gasteiger partial charge in [-0.25, -0.2) is 18.7 Å². The average Bonchev–Trinajstić information content (AvgIpc) is 3.25. The van der Waals surface area contributed by atoms with Crippen LogP contribution < -0.4 is 20.3 Å². The summed E-state index contributed by atoms with van der Waals surface area (Å²) >= 11 is 0. The summed E-state index contributed by atoms with van der Waals surface area (Å²) in [6.07, 6.45) is -1.03. The van der Waals surface area contributed by atoms with Crippen molar-refractivity contribution in [1.29, 1.82) is 0 Å². The molecule has 1 unspecified atom stereocenters. The minimum absolute atomic E-state index is 0.105. The third kappa shape index (κ3) is 5.02. The fourth-order valence-corrected chi connectivity index (χ4v) is 3.32. The number of alkyl halides is 3. The van der Waals surface area contributed by atoms with Crippen molar-refractivity contribution in [2.45, 2.75) is 45.8 Å². The predicted octanol–water partition coefficient (Wildman–Crippen LogP) is 2.75. The predicted molar refractivity (Wildman–Crippen MR) is 118 cm³/mol. The van der Waals surface area contributed by atoms with Crippen LogP contribution in [0.4, 0.5) is 30.6 Å². The van der Waals surface area contributed by atoms with Gasteiger partial charge in [-0.1, -0.05) is 6.07 Å². The molecule has 0 spiro atoms. The zero-order chi connectivity index (χ0) is 24.4. The highest BCUT2D eigenvalue weighted by Crippen LogP contribution is 2.32. The molecule has 0 aromatic carbocycles. The van der Waals surface area contributed by atoms with Gasteiger partial charge < -0.3 is 20.3 Å². The van der Waals surface area contributed by atoms with E-state index < -0.39 is 12.8 Å². The Hall–Kier alpha value is -3.90. The molecule has 0 saturated carbocycles. The fraction of sp³-hybridized carbons (Fsp3) is 0.381. The van der Waals surface area contributed by atoms with Gasteiger partial charge in [0.2, 0.25) is 17.7 Å². The van der Waals surface area contributed by atoms with Gasteiger partial charge in [0.25, 0.3) is 6.36 Å². The van der Waals surface area contributed by atoms with Crippen LogP contribution in [-0.4, -0.2) is 56.5 Å². The van der Waals surface area contributed by atoms with Crippen LogP contribution in [0.1, 0.15) is 23.7 Å². The highest BCUT2D eigenvalue weighted by atomic mass is 19.3. The molecule has 3 aromatic rings. The molecule has 0 fully saturated rings. The first kappa shape index (κ1) is 23.3. The number of hydrogen-bond donors (Lipinski definition) is 2. The first-order valence-electron chi connectivity index (χ1n) is 10.4. The molecule has 1 aliphatic heterocycles. The van der Waals surface area contributed by atoms with Gasteiger partial charge in [-0.15, -0.1) is 0 Å². The Kier molecular flexibility index (Phi) is 6.52. The number of carbonyl (C=O) groups is 1. The van der Waals surface area contributed by atoms with Crippen LogP contribution in [0.15, 0.2) is 30.7 Å². The minimum atomic E-state index is -3.24. The Balaban J connectivity index is 1.37. The molecule has 0 bridgehead atoms. The summed E-state index contributed by atoms with van der Waals surface area (Å²) in [7, 11) is 1.81. The third-order valence-electron chi connectivity index (χ3n) is 5.32. The lowest BCUT2D eigenvalue weighted by Gasteiger charge is -2.32. The number of amides is 1. The second kappa shape index (κ2) is 9.53. The lowest BCUT2D eigenvalue weighted by molar-refractivity contribution is -0.117. The standard InChI is InChI=1S/C21H23F3N8O2/c1-11-16-19(31(3)12(2)20(33)29-16)30-21(28-11)26-7-14-8-27-32(10-14)9-13-4-5-15(25-6-13)34-18(24)17(22)23/h4-6,8,10,12,17-18H,7,9H2,1-3H3,(H,29,33)(H,26,28,30)/t12-,18?/m0/s1. The number of fused-ring (bicyclic) bond motifs is 1. The second-order valence-electron chi connectivity index (χ2n) is 7.82. The van der Waals surface area contributed by atoms with Crippen LogP contribution in [0, 0.1) is 6.92 Å². The van der Waals surface area contributed by atoms with E-state index in [1.165, 1.54) is 12.3 Å². The number of aryl methyl sites for hydroxylation is 1. The van der Waals surface area contributed by atoms with Crippen molar-refractivity contribution in [3.05, 3.63) is 47.5 Å². The number of likely N-dealkylation sites (N-methyl/N-ethyl adjacent to an activating group) is 1. The summed E-state index contributed by atoms with van der Waals surface area (Å²) in [4.78, 5) is 26.7. The van der Waals surface area contributed by atoms with E-state index >= 15 is 0 Å². The molecule has 3 aromatic heterocycles. The summed E-state index contributed by atoms with van der Waals surface area (Å²) in [5.41, 5.74) is 2.86. The van der Waals surface area contributed by atoms with E-state index in [-0.39, 0.29) is 17.8 Å². The molecule has 180 valence electrons. The van der Waals surface area contributed by atoms with Crippen LogP contribution in [0.2, 0.25) is 0 Å². The molecule has 10 nitrogen and oxygen atoms in total. The van der Waals surface area contributed by atoms with E-state index in [1.807, 2.05) is 13.2 Å². The first-order valence-corrected chi connectivity index (χ1v) is 10.4. The van der Waals surface area contributed by atoms with Crippen molar-refractivity contribution in [1.82, 2.24) is 24.7 Å². The molecule has 2 atom stereocenters. The molecule has 4 heterocycles. The lowest BCUT2D eigenvalue weighted by atomic mass is 10.2. The molecular weight excluding hydrogens is 453 g/mol. The maximum absolute atomic E-state index is 13.0. The molecule has 2 N–H and O–H groups in total. The topological polar surface area (TPSA) is 110 Å². The Bertz CT molecular complexity index is 1170. The fourth-order valence-electron chi connectivity index (χ4n) is 3.32. The van der Waals surface area contributed by atoms with Gasteiger partial charge in [-0.2, -0.15) is 14.5 Å². The number of carbonyl (C=O) groups excluding carboxylic acids is 1. The summed E-state index contributed by atoms with van der Waals surface area (Å²) in [5.74, 6) is 0.744. The summed E-state index contributed by atoms with van der Waals surface area (Å²) in [5, 5.41) is 10.3. The highest BCUT2D eigenvalue weighted by Gasteiger charge is 2.30. The molecular formula is C21H23F3N8O2. The molecule has 4 rings (SSSR count). The zero-order valence-electron chi connectivity index (χ0n) is 18.7. The average molecular weight is 476 g/mol. The van der Waals surface area contributed by atoms with Crippen LogP contribution in [0.25, 0.3) is 0 Å². The number of rotatable bonds is 8. The maximum Gasteiger partial charge on any atom is 0.304 e. The van der Waals surface area contributed by atoms with Gasteiger partial charge in [-0.05, 0) is 19.4 Å².